The summed E-state index contributed by atoms with van der Waals surface area (Å²) in [6.07, 6.45) is 2.21. The predicted octanol–water partition coefficient (Wildman–Crippen LogP) is -2.54. The summed E-state index contributed by atoms with van der Waals surface area (Å²) in [7, 11) is 0. The Hall–Kier alpha value is 0.360. The number of hydrogen-bond acceptors (Lipinski definition) is 5. The summed E-state index contributed by atoms with van der Waals surface area (Å²) < 4.78 is 14.4. The molecular formula is C12H14I2NO4-. The molecule has 0 aromatic heterocycles. The average molecular weight is 490 g/mol. The Bertz CT molecular complexity index is 439. The first-order chi connectivity index (χ1) is 9.15. The molecule has 0 aromatic rings. The number of nitrogens with one attached hydrogen (secondary N) is 1. The molecule has 0 aromatic carbocycles. The first-order valence-corrected chi connectivity index (χ1v) is 10.1. The molecule has 5 nitrogen and oxygen atoms in total. The van der Waals surface area contributed by atoms with Crippen molar-refractivity contribution in [2.24, 2.45) is 23.7 Å². The molecule has 0 radical (unpaired) electrons. The molecule has 1 N–H and O–H groups in total. The van der Waals surface area contributed by atoms with E-state index in [0.29, 0.717) is 22.5 Å². The first kappa shape index (κ1) is 13.1. The molecule has 2 aliphatic heterocycles. The van der Waals surface area contributed by atoms with E-state index in [1.54, 1.807) is 0 Å². The van der Waals surface area contributed by atoms with E-state index in [1.165, 1.54) is 0 Å². The minimum atomic E-state index is -0.124. The van der Waals surface area contributed by atoms with Crippen molar-refractivity contribution < 1.29 is 40.5 Å². The first-order valence-electron chi connectivity index (χ1n) is 6.54. The molecular weight excluding hydrogens is 476 g/mol. The van der Waals surface area contributed by atoms with Crippen LogP contribution in [0.5, 0.6) is 0 Å². The number of carbonyl (C=O) groups excluding carboxylic acids is 2. The fraction of sp³-hybridized carbons (Fsp3) is 0.833. The van der Waals surface area contributed by atoms with Crippen molar-refractivity contribution in [2.75, 3.05) is 6.61 Å². The normalized spacial score (nSPS) is 47.5. The molecule has 7 unspecified atom stereocenters. The minimum absolute atomic E-state index is 0.00399. The summed E-state index contributed by atoms with van der Waals surface area (Å²) in [6, 6.07) is 0. The molecule has 2 aliphatic carbocycles. The number of rotatable bonds is 4. The number of fused-ring (bicyclic) bond motifs is 1. The van der Waals surface area contributed by atoms with E-state index >= 15 is 0 Å². The van der Waals surface area contributed by atoms with Crippen LogP contribution in [0.15, 0.2) is 0 Å². The van der Waals surface area contributed by atoms with Crippen LogP contribution in [0.2, 0.25) is 0 Å². The van der Waals surface area contributed by atoms with Gasteiger partial charge in [0.25, 0.3) is 0 Å². The van der Waals surface area contributed by atoms with Crippen LogP contribution in [0, 0.1) is 23.7 Å². The molecule has 0 amide bonds. The standard InChI is InChI=1S/C12H14I2NO4/c13-9(10-14-15-10)12(17)18-3-6-4-1-5-7(2-4)19-11(16)8(5)6/h4-10,15H,1-3H2/q-1. The third-order valence-corrected chi connectivity index (χ3v) is 9.46. The van der Waals surface area contributed by atoms with Crippen LogP contribution in [0.4, 0.5) is 0 Å². The van der Waals surface area contributed by atoms with Gasteiger partial charge in [-0.25, -0.2) is 0 Å². The summed E-state index contributed by atoms with van der Waals surface area (Å²) in [4.78, 5) is 23.7. The van der Waals surface area contributed by atoms with Crippen molar-refractivity contribution in [2.45, 2.75) is 26.9 Å². The molecule has 4 rings (SSSR count). The van der Waals surface area contributed by atoms with Gasteiger partial charge in [-0.05, 0) is 0 Å². The number of carbonyl (C=O) groups is 2. The second kappa shape index (κ2) is 4.69. The molecule has 2 saturated carbocycles. The van der Waals surface area contributed by atoms with E-state index < -0.39 is 0 Å². The number of ether oxygens (including phenoxy) is 2. The van der Waals surface area contributed by atoms with Crippen molar-refractivity contribution in [3.63, 3.8) is 0 Å². The maximum absolute atomic E-state index is 11.9. The average Bonchev–Trinajstić information content (AvgIpc) is 3.02. The molecule has 2 heterocycles. The Labute approximate surface area is 135 Å². The van der Waals surface area contributed by atoms with E-state index in [0.717, 1.165) is 12.8 Å². The zero-order chi connectivity index (χ0) is 13.1. The Morgan fingerprint density at radius 1 is 1.58 bits per heavy atom. The maximum atomic E-state index is 11.9. The summed E-state index contributed by atoms with van der Waals surface area (Å²) in [5.74, 6) is 0.921. The van der Waals surface area contributed by atoms with Gasteiger partial charge in [-0.3, -0.25) is 0 Å². The topological polar surface area (TPSA) is 74.5 Å². The summed E-state index contributed by atoms with van der Waals surface area (Å²) in [5, 5.41) is 0. The molecule has 0 spiro atoms. The third-order valence-electron chi connectivity index (χ3n) is 4.79. The molecule has 19 heavy (non-hydrogen) atoms. The number of halogens is 2. The van der Waals surface area contributed by atoms with Crippen molar-refractivity contribution >= 4 is 34.5 Å². The van der Waals surface area contributed by atoms with Crippen LogP contribution in [-0.2, 0) is 19.1 Å². The van der Waals surface area contributed by atoms with Crippen molar-refractivity contribution in [3.05, 3.63) is 0 Å². The van der Waals surface area contributed by atoms with Crippen LogP contribution in [-0.4, -0.2) is 32.6 Å². The van der Waals surface area contributed by atoms with E-state index in [-0.39, 0.29) is 55.3 Å². The van der Waals surface area contributed by atoms with Gasteiger partial charge in [0.1, 0.15) is 0 Å². The predicted molar refractivity (Wildman–Crippen MR) is 68.8 cm³/mol. The monoisotopic (exact) mass is 490 g/mol. The Balaban J connectivity index is 1.38. The summed E-state index contributed by atoms with van der Waals surface area (Å²) >= 11 is 2.18. The van der Waals surface area contributed by atoms with Gasteiger partial charge in [0.05, 0.1) is 0 Å². The Kier molecular flexibility index (Phi) is 3.22. The van der Waals surface area contributed by atoms with Gasteiger partial charge in [-0.1, -0.05) is 0 Å². The van der Waals surface area contributed by atoms with Gasteiger partial charge in [0.2, 0.25) is 0 Å². The number of esters is 2. The molecule has 7 heteroatoms. The SMILES string of the molecule is O=C(OCC1C2CC3OC(=O)C1C3C2)C(I)C1N[I-]1. The molecule has 106 valence electrons. The van der Waals surface area contributed by atoms with Crippen molar-refractivity contribution in [1.82, 2.24) is 3.53 Å². The molecule has 2 bridgehead atoms. The van der Waals surface area contributed by atoms with Crippen LogP contribution in [0.1, 0.15) is 12.8 Å². The van der Waals surface area contributed by atoms with Gasteiger partial charge in [-0.2, -0.15) is 0 Å². The van der Waals surface area contributed by atoms with Crippen molar-refractivity contribution in [3.8, 4) is 0 Å². The molecule has 4 fully saturated rings. The summed E-state index contributed by atoms with van der Waals surface area (Å²) in [6.45, 7) is 0.400. The number of alkyl halides is 2. The fourth-order valence-electron chi connectivity index (χ4n) is 3.89. The second-order valence-corrected chi connectivity index (χ2v) is 9.64. The van der Waals surface area contributed by atoms with Crippen LogP contribution >= 0.6 is 22.6 Å². The third kappa shape index (κ3) is 2.10. The van der Waals surface area contributed by atoms with Crippen LogP contribution in [0.25, 0.3) is 0 Å². The van der Waals surface area contributed by atoms with Crippen molar-refractivity contribution in [1.29, 1.82) is 0 Å². The van der Waals surface area contributed by atoms with Crippen LogP contribution < -0.4 is 25.0 Å². The van der Waals surface area contributed by atoms with Crippen LogP contribution in [0.3, 0.4) is 0 Å². The van der Waals surface area contributed by atoms with E-state index in [1.807, 2.05) is 0 Å². The fourth-order valence-corrected chi connectivity index (χ4v) is 7.02. The zero-order valence-electron chi connectivity index (χ0n) is 10.1. The summed E-state index contributed by atoms with van der Waals surface area (Å²) in [5.41, 5.74) is 0. The second-order valence-electron chi connectivity index (χ2n) is 5.71. The Morgan fingerprint density at radius 3 is 3.11 bits per heavy atom. The van der Waals surface area contributed by atoms with E-state index in [4.69, 9.17) is 9.47 Å². The number of hydrogen-bond donors (Lipinski definition) is 1. The molecule has 4 aliphatic rings. The van der Waals surface area contributed by atoms with E-state index in [2.05, 4.69) is 26.1 Å². The van der Waals surface area contributed by atoms with Gasteiger partial charge < -0.3 is 0 Å². The molecule has 7 atom stereocenters. The van der Waals surface area contributed by atoms with Gasteiger partial charge in [0.15, 0.2) is 0 Å². The quantitative estimate of drug-likeness (QED) is 0.118. The molecule has 2 saturated heterocycles. The van der Waals surface area contributed by atoms with Gasteiger partial charge >= 0.3 is 136 Å². The van der Waals surface area contributed by atoms with E-state index in [9.17, 15) is 9.59 Å². The Morgan fingerprint density at radius 2 is 2.37 bits per heavy atom. The van der Waals surface area contributed by atoms with Gasteiger partial charge in [0, 0.05) is 0 Å². The zero-order valence-corrected chi connectivity index (χ0v) is 14.4. The van der Waals surface area contributed by atoms with Gasteiger partial charge in [-0.15, -0.1) is 0 Å².